The van der Waals surface area contributed by atoms with Gasteiger partial charge in [-0.1, -0.05) is 45.4 Å². The minimum atomic E-state index is 0.281. The second kappa shape index (κ2) is 9.23. The van der Waals surface area contributed by atoms with Gasteiger partial charge < -0.3 is 16.4 Å². The lowest BCUT2D eigenvalue weighted by Crippen LogP contribution is -2.35. The highest BCUT2D eigenvalue weighted by Crippen LogP contribution is 2.12. The van der Waals surface area contributed by atoms with Crippen LogP contribution in [0.3, 0.4) is 0 Å². The lowest BCUT2D eigenvalue weighted by molar-refractivity contribution is 0.531. The Kier molecular flexibility index (Phi) is 7.55. The molecule has 4 heteroatoms. The van der Waals surface area contributed by atoms with E-state index < -0.39 is 0 Å². The molecule has 1 aromatic rings. The number of benzene rings is 1. The number of nitrogens with one attached hydrogen (secondary N) is 2. The van der Waals surface area contributed by atoms with Crippen molar-refractivity contribution in [3.05, 3.63) is 30.3 Å². The molecule has 1 aromatic carbocycles. The first-order valence-corrected chi connectivity index (χ1v) is 7.48. The number of hydrogen-bond acceptors (Lipinski definition) is 2. The average Bonchev–Trinajstić information content (AvgIpc) is 2.44. The van der Waals surface area contributed by atoms with Crippen molar-refractivity contribution < 1.29 is 0 Å². The molecule has 0 spiro atoms. The highest BCUT2D eigenvalue weighted by Gasteiger charge is 2.12. The number of anilines is 1. The molecule has 0 fully saturated rings. The first-order valence-electron chi connectivity index (χ1n) is 7.48. The van der Waals surface area contributed by atoms with Gasteiger partial charge in [-0.2, -0.15) is 0 Å². The summed E-state index contributed by atoms with van der Waals surface area (Å²) in [6, 6.07) is 10.5. The van der Waals surface area contributed by atoms with Crippen LogP contribution in [0.15, 0.2) is 35.3 Å². The topological polar surface area (TPSA) is 62.4 Å². The molecular formula is C16H28N4. The number of rotatable bonds is 8. The van der Waals surface area contributed by atoms with E-state index in [9.17, 15) is 0 Å². The molecule has 1 unspecified atom stereocenters. The maximum atomic E-state index is 5.87. The van der Waals surface area contributed by atoms with Crippen molar-refractivity contribution in [2.75, 3.05) is 18.4 Å². The maximum absolute atomic E-state index is 5.87. The second-order valence-corrected chi connectivity index (χ2v) is 5.37. The van der Waals surface area contributed by atoms with Crippen molar-refractivity contribution in [3.8, 4) is 0 Å². The molecule has 4 nitrogen and oxygen atoms in total. The summed E-state index contributed by atoms with van der Waals surface area (Å²) < 4.78 is 0. The van der Waals surface area contributed by atoms with Gasteiger partial charge in [0.15, 0.2) is 5.96 Å². The van der Waals surface area contributed by atoms with Crippen molar-refractivity contribution >= 4 is 11.6 Å². The predicted molar refractivity (Wildman–Crippen MR) is 88.1 cm³/mol. The van der Waals surface area contributed by atoms with Crippen molar-refractivity contribution in [3.63, 3.8) is 0 Å². The summed E-state index contributed by atoms with van der Waals surface area (Å²) in [5, 5.41) is 6.65. The van der Waals surface area contributed by atoms with Gasteiger partial charge in [0, 0.05) is 18.3 Å². The standard InChI is InChI=1S/C16H28N4/c1-4-5-11-18-16(17)19-12-15(13(2)3)20-14-9-7-6-8-10-14/h6-10,13,15,20H,4-5,11-12H2,1-3H3,(H3,17,18,19). The minimum Gasteiger partial charge on any atom is -0.380 e. The molecule has 0 bridgehead atoms. The Bertz CT molecular complexity index is 387. The van der Waals surface area contributed by atoms with E-state index in [0.29, 0.717) is 18.4 Å². The molecule has 0 amide bonds. The van der Waals surface area contributed by atoms with Gasteiger partial charge in [0.2, 0.25) is 0 Å². The van der Waals surface area contributed by atoms with E-state index in [0.717, 1.165) is 25.1 Å². The van der Waals surface area contributed by atoms with Crippen molar-refractivity contribution in [2.45, 2.75) is 39.7 Å². The lowest BCUT2D eigenvalue weighted by atomic mass is 10.0. The van der Waals surface area contributed by atoms with Gasteiger partial charge in [-0.25, -0.2) is 0 Å². The molecule has 0 aliphatic rings. The van der Waals surface area contributed by atoms with Crippen LogP contribution in [0.2, 0.25) is 0 Å². The van der Waals surface area contributed by atoms with E-state index in [1.807, 2.05) is 18.2 Å². The zero-order valence-corrected chi connectivity index (χ0v) is 12.9. The van der Waals surface area contributed by atoms with Crippen LogP contribution < -0.4 is 16.4 Å². The Hall–Kier alpha value is -1.71. The normalized spacial score (nSPS) is 13.3. The summed E-state index contributed by atoms with van der Waals surface area (Å²) in [5.74, 6) is 1.03. The molecule has 0 aliphatic carbocycles. The third kappa shape index (κ3) is 6.45. The molecular weight excluding hydrogens is 248 g/mol. The zero-order chi connectivity index (χ0) is 14.8. The van der Waals surface area contributed by atoms with Gasteiger partial charge in [0.25, 0.3) is 0 Å². The highest BCUT2D eigenvalue weighted by atomic mass is 15.1. The molecule has 112 valence electrons. The Morgan fingerprint density at radius 3 is 2.55 bits per heavy atom. The van der Waals surface area contributed by atoms with Gasteiger partial charge in [-0.3, -0.25) is 4.99 Å². The van der Waals surface area contributed by atoms with Crippen molar-refractivity contribution in [2.24, 2.45) is 16.6 Å². The van der Waals surface area contributed by atoms with E-state index in [4.69, 9.17) is 5.73 Å². The van der Waals surface area contributed by atoms with Crippen LogP contribution in [0, 0.1) is 5.92 Å². The molecule has 20 heavy (non-hydrogen) atoms. The largest absolute Gasteiger partial charge is 0.380 e. The van der Waals surface area contributed by atoms with Crippen LogP contribution in [0.1, 0.15) is 33.6 Å². The third-order valence-electron chi connectivity index (χ3n) is 3.23. The van der Waals surface area contributed by atoms with E-state index in [2.05, 4.69) is 48.5 Å². The Morgan fingerprint density at radius 1 is 1.25 bits per heavy atom. The second-order valence-electron chi connectivity index (χ2n) is 5.37. The Morgan fingerprint density at radius 2 is 1.95 bits per heavy atom. The number of hydrogen-bond donors (Lipinski definition) is 3. The van der Waals surface area contributed by atoms with Crippen molar-refractivity contribution in [1.29, 1.82) is 0 Å². The number of guanidine groups is 1. The molecule has 1 atom stereocenters. The van der Waals surface area contributed by atoms with Gasteiger partial charge in [-0.05, 0) is 24.5 Å². The first kappa shape index (κ1) is 16.3. The maximum Gasteiger partial charge on any atom is 0.188 e. The monoisotopic (exact) mass is 276 g/mol. The van der Waals surface area contributed by atoms with Gasteiger partial charge in [-0.15, -0.1) is 0 Å². The van der Waals surface area contributed by atoms with Crippen LogP contribution in [0.25, 0.3) is 0 Å². The van der Waals surface area contributed by atoms with E-state index >= 15 is 0 Å². The number of para-hydroxylation sites is 1. The van der Waals surface area contributed by atoms with E-state index in [1.165, 1.54) is 0 Å². The minimum absolute atomic E-state index is 0.281. The molecule has 1 rings (SSSR count). The average molecular weight is 276 g/mol. The Labute approximate surface area is 122 Å². The lowest BCUT2D eigenvalue weighted by Gasteiger charge is -2.22. The van der Waals surface area contributed by atoms with Crippen LogP contribution in [0.4, 0.5) is 5.69 Å². The van der Waals surface area contributed by atoms with E-state index in [1.54, 1.807) is 0 Å². The van der Waals surface area contributed by atoms with Crippen LogP contribution in [-0.4, -0.2) is 25.1 Å². The summed E-state index contributed by atoms with van der Waals surface area (Å²) in [6.07, 6.45) is 2.27. The summed E-state index contributed by atoms with van der Waals surface area (Å²) >= 11 is 0. The van der Waals surface area contributed by atoms with Crippen molar-refractivity contribution in [1.82, 2.24) is 5.32 Å². The van der Waals surface area contributed by atoms with E-state index in [-0.39, 0.29) is 6.04 Å². The third-order valence-corrected chi connectivity index (χ3v) is 3.23. The molecule has 0 saturated carbocycles. The van der Waals surface area contributed by atoms with Crippen LogP contribution >= 0.6 is 0 Å². The Balaban J connectivity index is 2.49. The first-order chi connectivity index (χ1) is 9.63. The molecule has 0 saturated heterocycles. The molecule has 0 aliphatic heterocycles. The summed E-state index contributed by atoms with van der Waals surface area (Å²) in [5.41, 5.74) is 6.99. The summed E-state index contributed by atoms with van der Waals surface area (Å²) in [4.78, 5) is 4.43. The SMILES string of the molecule is CCCCNC(N)=NCC(Nc1ccccc1)C(C)C. The van der Waals surface area contributed by atoms with Gasteiger partial charge in [0.05, 0.1) is 6.54 Å². The van der Waals surface area contributed by atoms with Crippen LogP contribution in [-0.2, 0) is 0 Å². The number of nitrogens with zero attached hydrogens (tertiary/aromatic N) is 1. The fourth-order valence-electron chi connectivity index (χ4n) is 1.82. The molecule has 4 N–H and O–H groups in total. The number of unbranched alkanes of at least 4 members (excludes halogenated alkanes) is 1. The summed E-state index contributed by atoms with van der Waals surface area (Å²) in [7, 11) is 0. The van der Waals surface area contributed by atoms with Crippen LogP contribution in [0.5, 0.6) is 0 Å². The molecule has 0 aromatic heterocycles. The fourth-order valence-corrected chi connectivity index (χ4v) is 1.82. The molecule has 0 heterocycles. The quantitative estimate of drug-likeness (QED) is 0.389. The fraction of sp³-hybridized carbons (Fsp3) is 0.562. The predicted octanol–water partition coefficient (Wildman–Crippen LogP) is 2.83. The number of aliphatic imine (C=N–C) groups is 1. The highest BCUT2D eigenvalue weighted by molar-refractivity contribution is 5.77. The van der Waals surface area contributed by atoms with Gasteiger partial charge >= 0.3 is 0 Å². The molecule has 0 radical (unpaired) electrons. The summed E-state index contributed by atoms with van der Waals surface area (Å²) in [6.45, 7) is 8.11. The van der Waals surface area contributed by atoms with Gasteiger partial charge in [0.1, 0.15) is 0 Å². The number of nitrogens with two attached hydrogens (primary N) is 1. The zero-order valence-electron chi connectivity index (χ0n) is 12.9. The smallest absolute Gasteiger partial charge is 0.188 e.